The van der Waals surface area contributed by atoms with Gasteiger partial charge in [0.2, 0.25) is 0 Å². The van der Waals surface area contributed by atoms with E-state index in [1.807, 2.05) is 0 Å². The molecule has 2 amide bonds. The van der Waals surface area contributed by atoms with Gasteiger partial charge in [-0.25, -0.2) is 0 Å². The van der Waals surface area contributed by atoms with Crippen molar-refractivity contribution in [1.29, 1.82) is 0 Å². The number of nitrogens with zero attached hydrogens (tertiary/aromatic N) is 3. The zero-order valence-corrected chi connectivity index (χ0v) is 29.1. The fraction of sp³-hybridized carbons (Fsp3) is 0.448. The number of aromatic nitrogens is 4. The summed E-state index contributed by atoms with van der Waals surface area (Å²) in [6.45, 7) is 0.0408. The quantitative estimate of drug-likeness (QED) is 0.0493. The minimum atomic E-state index is -4.80. The van der Waals surface area contributed by atoms with Crippen molar-refractivity contribution in [1.82, 2.24) is 30.6 Å². The van der Waals surface area contributed by atoms with Crippen LogP contribution in [0, 0.1) is 12.3 Å². The maximum atomic E-state index is 13.6. The Balaban J connectivity index is 1.90. The monoisotopic (exact) mass is 741 g/mol. The summed E-state index contributed by atoms with van der Waals surface area (Å²) in [6, 6.07) is -2.64. The maximum absolute atomic E-state index is 13.6. The van der Waals surface area contributed by atoms with Crippen LogP contribution >= 0.6 is 0 Å². The predicted molar refractivity (Wildman–Crippen MR) is 172 cm³/mol. The molecule has 0 spiro atoms. The molecule has 20 heteroatoms. The second-order valence-corrected chi connectivity index (χ2v) is 13.4. The number of carbonyl (C=O) groups excluding carboxylic acids is 6. The first-order chi connectivity index (χ1) is 23.6. The van der Waals surface area contributed by atoms with Gasteiger partial charge in [0.05, 0.1) is 0 Å². The summed E-state index contributed by atoms with van der Waals surface area (Å²) in [5, 5.41) is 5.04. The number of H-pyrrole nitrogens is 2. The molecule has 263 valence electrons. The molecule has 1 aliphatic rings. The third kappa shape index (κ3) is 13.7. The zero-order chi connectivity index (χ0) is 35.6. The molecule has 0 saturated heterocycles. The van der Waals surface area contributed by atoms with Crippen LogP contribution in [-0.4, -0.2) is 111 Å². The van der Waals surface area contributed by atoms with Crippen LogP contribution in [0.25, 0.3) is 0 Å². The first-order valence-electron chi connectivity index (χ1n) is 15.5. The van der Waals surface area contributed by atoms with E-state index in [0.717, 1.165) is 6.42 Å². The Morgan fingerprint density at radius 2 is 1.31 bits per heavy atom. The van der Waals surface area contributed by atoms with Crippen LogP contribution < -0.4 is 27.8 Å². The van der Waals surface area contributed by atoms with Crippen molar-refractivity contribution in [2.75, 3.05) is 19.6 Å². The number of amides is 2. The molecule has 0 saturated carbocycles. The van der Waals surface area contributed by atoms with E-state index in [1.54, 1.807) is 12.3 Å². The summed E-state index contributed by atoms with van der Waals surface area (Å²) in [5.41, 5.74) is 17.9. The Bertz CT molecular complexity index is 1390. The molecule has 2 aromatic heterocycles. The molecule has 0 bridgehead atoms. The Kier molecular flexibility index (Phi) is 16.2. The normalized spacial score (nSPS) is 13.9. The number of nitrogens with one attached hydrogen (secondary N) is 4. The molecule has 1 radical (unpaired) electrons. The molecule has 3 heterocycles. The molecule has 19 nitrogen and oxygen atoms in total. The zero-order valence-electron chi connectivity index (χ0n) is 26.7. The Morgan fingerprint density at radius 1 is 0.776 bits per heavy atom. The molecule has 0 fully saturated rings. The van der Waals surface area contributed by atoms with Gasteiger partial charge in [-0.15, -0.1) is 0 Å². The summed E-state index contributed by atoms with van der Waals surface area (Å²) < 4.78 is 16.7. The number of imidazole rings is 2. The van der Waals surface area contributed by atoms with Crippen LogP contribution in [0.1, 0.15) is 43.5 Å². The van der Waals surface area contributed by atoms with Crippen molar-refractivity contribution in [3.63, 3.8) is 0 Å². The first-order valence-corrected chi connectivity index (χ1v) is 18.4. The molecule has 3 atom stereocenters. The van der Waals surface area contributed by atoms with Crippen LogP contribution in [0.15, 0.2) is 41.8 Å². The van der Waals surface area contributed by atoms with Gasteiger partial charge in [-0.05, 0) is 0 Å². The number of hydrogen-bond donors (Lipinski definition) is 7. The van der Waals surface area contributed by atoms with Gasteiger partial charge in [0.25, 0.3) is 0 Å². The predicted octanol–water partition coefficient (Wildman–Crippen LogP) is -2.31. The van der Waals surface area contributed by atoms with Crippen LogP contribution in [0.5, 0.6) is 0 Å². The molecule has 49 heavy (non-hydrogen) atoms. The number of rotatable bonds is 22. The van der Waals surface area contributed by atoms with Crippen molar-refractivity contribution in [2.24, 2.45) is 28.1 Å². The number of hydrogen-bond acceptors (Lipinski definition) is 15. The number of Topliss-reactive ketones (excluding diaryl/α,β-unsaturated/α-hetero) is 1. The number of allylic oxidation sites excluding steroid dienone is 1. The van der Waals surface area contributed by atoms with Crippen molar-refractivity contribution in [3.05, 3.63) is 54.6 Å². The molecule has 3 rings (SSSR count). The number of ketones is 1. The average Bonchev–Trinajstić information content (AvgIpc) is 3.86. The van der Waals surface area contributed by atoms with Gasteiger partial charge in [0, 0.05) is 0 Å². The summed E-state index contributed by atoms with van der Waals surface area (Å²) in [6.07, 6.45) is 10.1. The number of aliphatic imine (C=N–C) groups is 1. The van der Waals surface area contributed by atoms with Gasteiger partial charge in [0.1, 0.15) is 0 Å². The Labute approximate surface area is 287 Å². The first kappa shape index (κ1) is 38.7. The van der Waals surface area contributed by atoms with Crippen molar-refractivity contribution >= 4 is 59.0 Å². The van der Waals surface area contributed by atoms with Crippen LogP contribution in [0.3, 0.4) is 0 Å². The molecular formula is C29H40GaN10O9. The van der Waals surface area contributed by atoms with Gasteiger partial charge >= 0.3 is 288 Å². The van der Waals surface area contributed by atoms with E-state index >= 15 is 0 Å². The summed E-state index contributed by atoms with van der Waals surface area (Å²) in [7, 11) is 0. The van der Waals surface area contributed by atoms with Crippen molar-refractivity contribution in [3.8, 4) is 0 Å². The summed E-state index contributed by atoms with van der Waals surface area (Å²) in [5.74, 6) is -5.96. The SMILES string of the molecule is NCCC(=O)[CH+]C(Cc1cnc[nH]1)C(=O)[O][Ga-]([O]C(=O)C(CC1=CCC=N1)NC(=O)CCN)[O]C(=O)C(Cc1cnc[nH]1)NC(=O)CCN. The van der Waals surface area contributed by atoms with Crippen LogP contribution in [0.4, 0.5) is 0 Å². The third-order valence-corrected chi connectivity index (χ3v) is 9.48. The standard InChI is InChI=1S/C10H13N3O3.C10H15N3O3.C9H14N4O3.Ga/c11-2-1-9(14)4-7(10(15)16)3-8-5-12-6-13-8;11-4-3-9(14)13-8(10(15)16)6-7-2-1-5-12-7;10-2-1-8(14)13-7(9(15)16)3-6-4-11-5-12-6;/h4-7H,1-3,11H2,(H-,12,13,15,16);2,5,8H,1,3-4,6,11H2,(H,13,14)(H,15,16);4-5,7H,1-3,10H2,(H,11,12)(H,13,14)(H,15,16);/q;;;+2/p-2. The van der Waals surface area contributed by atoms with E-state index in [0.29, 0.717) is 23.5 Å². The summed E-state index contributed by atoms with van der Waals surface area (Å²) >= 11 is -4.80. The van der Waals surface area contributed by atoms with Gasteiger partial charge in [-0.2, -0.15) is 0 Å². The Morgan fingerprint density at radius 3 is 1.80 bits per heavy atom. The molecule has 2 aromatic rings. The van der Waals surface area contributed by atoms with Gasteiger partial charge < -0.3 is 0 Å². The fourth-order valence-electron chi connectivity index (χ4n) is 4.46. The summed E-state index contributed by atoms with van der Waals surface area (Å²) in [4.78, 5) is 95.7. The van der Waals surface area contributed by atoms with Crippen LogP contribution in [0.2, 0.25) is 0 Å². The minimum absolute atomic E-state index is 0.00215. The topological polar surface area (TPSA) is 302 Å². The van der Waals surface area contributed by atoms with E-state index in [4.69, 9.17) is 27.8 Å². The molecule has 0 aliphatic carbocycles. The van der Waals surface area contributed by atoms with Crippen LogP contribution in [-0.2, 0) is 52.2 Å². The molecule has 3 unspecified atom stereocenters. The number of carbonyl (C=O) groups is 6. The van der Waals surface area contributed by atoms with Crippen molar-refractivity contribution in [2.45, 2.75) is 57.0 Å². The van der Waals surface area contributed by atoms with E-state index < -0.39 is 70.8 Å². The van der Waals surface area contributed by atoms with E-state index in [-0.39, 0.29) is 58.2 Å². The Hall–Kier alpha value is -4.76. The second-order valence-electron chi connectivity index (χ2n) is 10.7. The number of nitrogens with two attached hydrogens (primary N) is 3. The van der Waals surface area contributed by atoms with Gasteiger partial charge in [-0.3, -0.25) is 0 Å². The molecule has 10 N–H and O–H groups in total. The average molecular weight is 742 g/mol. The van der Waals surface area contributed by atoms with Crippen molar-refractivity contribution < 1.29 is 39.4 Å². The van der Waals surface area contributed by atoms with Gasteiger partial charge in [0.15, 0.2) is 0 Å². The van der Waals surface area contributed by atoms with E-state index in [2.05, 4.69) is 35.6 Å². The van der Waals surface area contributed by atoms with Gasteiger partial charge in [-0.1, -0.05) is 0 Å². The third-order valence-electron chi connectivity index (χ3n) is 6.80. The second kappa shape index (κ2) is 20.6. The number of aromatic amines is 2. The van der Waals surface area contributed by atoms with E-state index in [1.165, 1.54) is 25.0 Å². The fourth-order valence-corrected chi connectivity index (χ4v) is 7.01. The molecule has 0 aromatic carbocycles. The molecular weight excluding hydrogens is 702 g/mol. The van der Waals surface area contributed by atoms with E-state index in [9.17, 15) is 28.8 Å². The molecule has 1 aliphatic heterocycles.